The van der Waals surface area contributed by atoms with Gasteiger partial charge in [-0.25, -0.2) is 13.2 Å². The Bertz CT molecular complexity index is 729. The van der Waals surface area contributed by atoms with Crippen LogP contribution >= 0.6 is 0 Å². The second-order valence-corrected chi connectivity index (χ2v) is 9.00. The number of ether oxygens (including phenoxy) is 2. The minimum absolute atomic E-state index is 0.0204. The maximum Gasteiger partial charge on any atom is 0.338 e. The van der Waals surface area contributed by atoms with Crippen molar-refractivity contribution in [3.63, 3.8) is 0 Å². The van der Waals surface area contributed by atoms with Crippen molar-refractivity contribution in [2.75, 3.05) is 20.3 Å². The average Bonchev–Trinajstić information content (AvgIpc) is 2.61. The number of hydrogen-bond acceptors (Lipinski definition) is 5. The van der Waals surface area contributed by atoms with E-state index in [1.165, 1.54) is 29.6 Å². The highest BCUT2D eigenvalue weighted by Crippen LogP contribution is 2.31. The molecule has 26 heavy (non-hydrogen) atoms. The Balaban J connectivity index is 2.30. The van der Waals surface area contributed by atoms with E-state index in [0.717, 1.165) is 25.7 Å². The van der Waals surface area contributed by atoms with Crippen LogP contribution in [0.2, 0.25) is 0 Å². The molecule has 0 N–H and O–H groups in total. The number of carbonyl (C=O) groups excluding carboxylic acids is 1. The molecule has 1 aromatic carbocycles. The Labute approximate surface area is 156 Å². The number of nitrogens with zero attached hydrogens (tertiary/aromatic N) is 1. The maximum absolute atomic E-state index is 13.1. The van der Waals surface area contributed by atoms with Crippen molar-refractivity contribution >= 4 is 16.0 Å². The van der Waals surface area contributed by atoms with Gasteiger partial charge in [0.1, 0.15) is 10.6 Å². The first kappa shape index (κ1) is 20.7. The SMILES string of the molecule is COc1ccc(C(=O)OCCC(C)C)cc1S(=O)(=O)N1CCCCC1C. The second kappa shape index (κ2) is 8.86. The van der Waals surface area contributed by atoms with Crippen molar-refractivity contribution in [3.05, 3.63) is 23.8 Å². The summed E-state index contributed by atoms with van der Waals surface area (Å²) in [5.74, 6) is 0.146. The Kier molecular flexibility index (Phi) is 7.06. The van der Waals surface area contributed by atoms with Crippen LogP contribution in [-0.2, 0) is 14.8 Å². The van der Waals surface area contributed by atoms with Crippen molar-refractivity contribution in [2.24, 2.45) is 5.92 Å². The van der Waals surface area contributed by atoms with Gasteiger partial charge in [-0.05, 0) is 50.3 Å². The topological polar surface area (TPSA) is 72.9 Å². The van der Waals surface area contributed by atoms with E-state index in [-0.39, 0.29) is 22.3 Å². The van der Waals surface area contributed by atoms with Crippen molar-refractivity contribution in [1.82, 2.24) is 4.31 Å². The lowest BCUT2D eigenvalue weighted by atomic mass is 10.1. The van der Waals surface area contributed by atoms with Gasteiger partial charge in [-0.1, -0.05) is 20.3 Å². The summed E-state index contributed by atoms with van der Waals surface area (Å²) >= 11 is 0. The zero-order valence-electron chi connectivity index (χ0n) is 16.0. The second-order valence-electron chi connectivity index (χ2n) is 7.14. The predicted octanol–water partition coefficient (Wildman–Crippen LogP) is 3.46. The Morgan fingerprint density at radius 3 is 2.65 bits per heavy atom. The number of benzene rings is 1. The van der Waals surface area contributed by atoms with Gasteiger partial charge in [0, 0.05) is 12.6 Å². The fourth-order valence-electron chi connectivity index (χ4n) is 3.03. The summed E-state index contributed by atoms with van der Waals surface area (Å²) in [6.45, 7) is 6.80. The summed E-state index contributed by atoms with van der Waals surface area (Å²) in [4.78, 5) is 12.3. The third-order valence-electron chi connectivity index (χ3n) is 4.66. The summed E-state index contributed by atoms with van der Waals surface area (Å²) in [5.41, 5.74) is 0.220. The van der Waals surface area contributed by atoms with Crippen LogP contribution in [0.15, 0.2) is 23.1 Å². The molecule has 146 valence electrons. The molecule has 6 nitrogen and oxygen atoms in total. The van der Waals surface area contributed by atoms with E-state index in [1.54, 1.807) is 0 Å². The molecule has 0 amide bonds. The minimum atomic E-state index is -3.74. The van der Waals surface area contributed by atoms with Gasteiger partial charge in [0.05, 0.1) is 19.3 Å². The zero-order chi connectivity index (χ0) is 19.3. The fourth-order valence-corrected chi connectivity index (χ4v) is 4.91. The van der Waals surface area contributed by atoms with Crippen LogP contribution < -0.4 is 4.74 Å². The first-order chi connectivity index (χ1) is 12.3. The average molecular weight is 384 g/mol. The minimum Gasteiger partial charge on any atom is -0.495 e. The van der Waals surface area contributed by atoms with E-state index in [9.17, 15) is 13.2 Å². The molecule has 1 aliphatic heterocycles. The van der Waals surface area contributed by atoms with Crippen LogP contribution in [-0.4, -0.2) is 45.0 Å². The van der Waals surface area contributed by atoms with E-state index in [2.05, 4.69) is 0 Å². The number of sulfonamides is 1. The molecule has 0 spiro atoms. The molecule has 0 radical (unpaired) electrons. The molecule has 1 heterocycles. The van der Waals surface area contributed by atoms with E-state index in [4.69, 9.17) is 9.47 Å². The largest absolute Gasteiger partial charge is 0.495 e. The lowest BCUT2D eigenvalue weighted by Crippen LogP contribution is -2.42. The van der Waals surface area contributed by atoms with Crippen LogP contribution in [0.1, 0.15) is 56.8 Å². The number of esters is 1. The molecule has 1 aromatic rings. The standard InChI is InChI=1S/C19H29NO5S/c1-14(2)10-12-25-19(21)16-8-9-17(24-4)18(13-16)26(22,23)20-11-6-5-7-15(20)3/h8-9,13-15H,5-7,10-12H2,1-4H3. The summed E-state index contributed by atoms with van der Waals surface area (Å²) in [7, 11) is -2.32. The summed E-state index contributed by atoms with van der Waals surface area (Å²) < 4.78 is 38.3. The van der Waals surface area contributed by atoms with Crippen molar-refractivity contribution in [2.45, 2.75) is 57.4 Å². The molecule has 1 aliphatic rings. The van der Waals surface area contributed by atoms with E-state index < -0.39 is 16.0 Å². The molecular formula is C19H29NO5S. The first-order valence-corrected chi connectivity index (χ1v) is 10.6. The van der Waals surface area contributed by atoms with Gasteiger partial charge in [0.15, 0.2) is 0 Å². The molecule has 0 saturated carbocycles. The molecule has 1 atom stereocenters. The predicted molar refractivity (Wildman–Crippen MR) is 99.9 cm³/mol. The molecule has 7 heteroatoms. The lowest BCUT2D eigenvalue weighted by molar-refractivity contribution is 0.0487. The summed E-state index contributed by atoms with van der Waals surface area (Å²) in [6, 6.07) is 4.35. The zero-order valence-corrected chi connectivity index (χ0v) is 16.8. The Morgan fingerprint density at radius 2 is 2.04 bits per heavy atom. The number of piperidine rings is 1. The van der Waals surface area contributed by atoms with E-state index >= 15 is 0 Å². The fraction of sp³-hybridized carbons (Fsp3) is 0.632. The normalized spacial score (nSPS) is 18.7. The van der Waals surface area contributed by atoms with Gasteiger partial charge in [-0.15, -0.1) is 0 Å². The van der Waals surface area contributed by atoms with Crippen LogP contribution in [0.3, 0.4) is 0 Å². The highest BCUT2D eigenvalue weighted by atomic mass is 32.2. The van der Waals surface area contributed by atoms with Crippen molar-refractivity contribution < 1.29 is 22.7 Å². The Hall–Kier alpha value is -1.60. The van der Waals surface area contributed by atoms with Gasteiger partial charge in [-0.2, -0.15) is 4.31 Å². The quantitative estimate of drug-likeness (QED) is 0.674. The number of methoxy groups -OCH3 is 1. The number of rotatable bonds is 7. The molecule has 1 saturated heterocycles. The lowest BCUT2D eigenvalue weighted by Gasteiger charge is -2.32. The maximum atomic E-state index is 13.1. The number of carbonyl (C=O) groups is 1. The third kappa shape index (κ3) is 4.76. The van der Waals surface area contributed by atoms with Gasteiger partial charge < -0.3 is 9.47 Å². The van der Waals surface area contributed by atoms with Gasteiger partial charge >= 0.3 is 5.97 Å². The van der Waals surface area contributed by atoms with Crippen molar-refractivity contribution in [3.8, 4) is 5.75 Å². The van der Waals surface area contributed by atoms with Crippen LogP contribution in [0.5, 0.6) is 5.75 Å². The van der Waals surface area contributed by atoms with Gasteiger partial charge in [0.25, 0.3) is 0 Å². The first-order valence-electron chi connectivity index (χ1n) is 9.14. The van der Waals surface area contributed by atoms with Crippen molar-refractivity contribution in [1.29, 1.82) is 0 Å². The van der Waals surface area contributed by atoms with Crippen LogP contribution in [0, 0.1) is 5.92 Å². The smallest absolute Gasteiger partial charge is 0.338 e. The molecule has 0 aromatic heterocycles. The molecule has 0 aliphatic carbocycles. The molecule has 0 bridgehead atoms. The third-order valence-corrected chi connectivity index (χ3v) is 6.69. The van der Waals surface area contributed by atoms with Gasteiger partial charge in [0.2, 0.25) is 10.0 Å². The highest BCUT2D eigenvalue weighted by molar-refractivity contribution is 7.89. The van der Waals surface area contributed by atoms with Gasteiger partial charge in [-0.3, -0.25) is 0 Å². The Morgan fingerprint density at radius 1 is 1.31 bits per heavy atom. The molecular weight excluding hydrogens is 354 g/mol. The highest BCUT2D eigenvalue weighted by Gasteiger charge is 2.33. The summed E-state index contributed by atoms with van der Waals surface area (Å²) in [6.07, 6.45) is 3.45. The molecule has 1 unspecified atom stereocenters. The van der Waals surface area contributed by atoms with Crippen LogP contribution in [0.25, 0.3) is 0 Å². The van der Waals surface area contributed by atoms with E-state index in [1.807, 2.05) is 20.8 Å². The monoisotopic (exact) mass is 383 g/mol. The molecule has 1 fully saturated rings. The molecule has 2 rings (SSSR count). The number of hydrogen-bond donors (Lipinski definition) is 0. The summed E-state index contributed by atoms with van der Waals surface area (Å²) in [5, 5.41) is 0. The van der Waals surface area contributed by atoms with E-state index in [0.29, 0.717) is 19.1 Å². The van der Waals surface area contributed by atoms with Crippen LogP contribution in [0.4, 0.5) is 0 Å².